The van der Waals surface area contributed by atoms with Gasteiger partial charge in [0.1, 0.15) is 5.75 Å². The Hall–Kier alpha value is -4.25. The maximum atomic E-state index is 13.2. The molecule has 3 aromatic carbocycles. The second-order valence-corrected chi connectivity index (χ2v) is 10.5. The first-order chi connectivity index (χ1) is 17.0. The van der Waals surface area contributed by atoms with Crippen molar-refractivity contribution in [2.24, 2.45) is 0 Å². The van der Waals surface area contributed by atoms with Crippen LogP contribution in [0.2, 0.25) is 0 Å². The number of amides is 2. The molecule has 0 spiro atoms. The smallest absolute Gasteiger partial charge is 0.410 e. The first-order valence-corrected chi connectivity index (χ1v) is 12.8. The van der Waals surface area contributed by atoms with E-state index in [0.29, 0.717) is 16.9 Å². The van der Waals surface area contributed by atoms with Crippen molar-refractivity contribution < 1.29 is 27.7 Å². The van der Waals surface area contributed by atoms with Crippen LogP contribution in [0, 0.1) is 10.1 Å². The van der Waals surface area contributed by atoms with Crippen LogP contribution in [-0.4, -0.2) is 44.2 Å². The van der Waals surface area contributed by atoms with E-state index < -0.39 is 20.9 Å². The molecule has 2 amide bonds. The number of anilines is 2. The van der Waals surface area contributed by atoms with E-state index >= 15 is 0 Å². The van der Waals surface area contributed by atoms with E-state index in [9.17, 15) is 28.1 Å². The standard InChI is InChI=1S/C25H23N3O7S/c1-16-15-26(25(30)35-21-9-7-20(8-10-21)28(31)32)24-14-19(6-13-23(24)27(16)17(2)29)18-4-11-22(12-5-18)36(3,33)34/h4-14,16H,15H2,1-3H3. The minimum Gasteiger partial charge on any atom is -0.410 e. The van der Waals surface area contributed by atoms with Crippen molar-refractivity contribution in [2.75, 3.05) is 22.6 Å². The number of hydrogen-bond donors (Lipinski definition) is 0. The van der Waals surface area contributed by atoms with Gasteiger partial charge in [0.15, 0.2) is 9.84 Å². The summed E-state index contributed by atoms with van der Waals surface area (Å²) < 4.78 is 29.1. The van der Waals surface area contributed by atoms with Gasteiger partial charge in [-0.25, -0.2) is 13.2 Å². The van der Waals surface area contributed by atoms with E-state index in [0.717, 1.165) is 11.8 Å². The number of benzene rings is 3. The van der Waals surface area contributed by atoms with E-state index in [-0.39, 0.29) is 34.8 Å². The number of rotatable bonds is 4. The third-order valence-corrected chi connectivity index (χ3v) is 6.97. The Morgan fingerprint density at radius 1 is 0.972 bits per heavy atom. The number of carbonyl (C=O) groups is 2. The lowest BCUT2D eigenvalue weighted by Gasteiger charge is -2.40. The Bertz CT molecular complexity index is 1450. The van der Waals surface area contributed by atoms with Gasteiger partial charge in [-0.2, -0.15) is 0 Å². The average Bonchev–Trinajstić information content (AvgIpc) is 2.82. The van der Waals surface area contributed by atoms with Crippen molar-refractivity contribution in [3.8, 4) is 16.9 Å². The molecular formula is C25H23N3O7S. The predicted molar refractivity (Wildman–Crippen MR) is 134 cm³/mol. The number of ether oxygens (including phenoxy) is 1. The summed E-state index contributed by atoms with van der Waals surface area (Å²) in [5.74, 6) is -0.0429. The summed E-state index contributed by atoms with van der Waals surface area (Å²) in [4.78, 5) is 39.1. The first kappa shape index (κ1) is 24.9. The normalized spacial score (nSPS) is 15.2. The number of carbonyl (C=O) groups excluding carboxylic acids is 2. The highest BCUT2D eigenvalue weighted by molar-refractivity contribution is 7.90. The van der Waals surface area contributed by atoms with Crippen LogP contribution >= 0.6 is 0 Å². The molecule has 4 rings (SSSR count). The molecule has 0 N–H and O–H groups in total. The highest BCUT2D eigenvalue weighted by atomic mass is 32.2. The second kappa shape index (κ2) is 9.42. The number of sulfone groups is 1. The van der Waals surface area contributed by atoms with E-state index in [1.54, 1.807) is 35.2 Å². The molecule has 1 aliphatic rings. The number of nitro groups is 1. The van der Waals surface area contributed by atoms with E-state index in [1.807, 2.05) is 6.92 Å². The van der Waals surface area contributed by atoms with Gasteiger partial charge in [0, 0.05) is 31.9 Å². The van der Waals surface area contributed by atoms with E-state index in [1.165, 1.54) is 48.2 Å². The summed E-state index contributed by atoms with van der Waals surface area (Å²) >= 11 is 0. The van der Waals surface area contributed by atoms with Crippen LogP contribution in [0.1, 0.15) is 13.8 Å². The fraction of sp³-hybridized carbons (Fsp3) is 0.200. The van der Waals surface area contributed by atoms with Gasteiger partial charge in [-0.1, -0.05) is 18.2 Å². The quantitative estimate of drug-likeness (QED) is 0.376. The molecular weight excluding hydrogens is 486 g/mol. The van der Waals surface area contributed by atoms with Gasteiger partial charge >= 0.3 is 6.09 Å². The van der Waals surface area contributed by atoms with Gasteiger partial charge in [-0.05, 0) is 54.4 Å². The van der Waals surface area contributed by atoms with Gasteiger partial charge < -0.3 is 9.64 Å². The van der Waals surface area contributed by atoms with Crippen molar-refractivity contribution in [1.82, 2.24) is 0 Å². The van der Waals surface area contributed by atoms with Crippen LogP contribution in [0.3, 0.4) is 0 Å². The number of nitro benzene ring substituents is 1. The van der Waals surface area contributed by atoms with Crippen LogP contribution in [0.15, 0.2) is 71.6 Å². The molecule has 1 atom stereocenters. The van der Waals surface area contributed by atoms with Crippen molar-refractivity contribution >= 4 is 38.9 Å². The molecule has 10 nitrogen and oxygen atoms in total. The van der Waals surface area contributed by atoms with Crippen LogP contribution < -0.4 is 14.5 Å². The molecule has 186 valence electrons. The molecule has 0 fully saturated rings. The molecule has 1 unspecified atom stereocenters. The number of non-ortho nitro benzene ring substituents is 1. The third kappa shape index (κ3) is 4.91. The Morgan fingerprint density at radius 2 is 1.58 bits per heavy atom. The van der Waals surface area contributed by atoms with E-state index in [4.69, 9.17) is 4.74 Å². The summed E-state index contributed by atoms with van der Waals surface area (Å²) in [6.45, 7) is 3.42. The SMILES string of the molecule is CC(=O)N1c2ccc(-c3ccc(S(C)(=O)=O)cc3)cc2N(C(=O)Oc2ccc([N+](=O)[O-])cc2)CC1C. The lowest BCUT2D eigenvalue weighted by molar-refractivity contribution is -0.384. The Labute approximate surface area is 207 Å². The number of hydrogen-bond acceptors (Lipinski definition) is 7. The van der Waals surface area contributed by atoms with Gasteiger partial charge in [-0.15, -0.1) is 0 Å². The molecule has 3 aromatic rings. The van der Waals surface area contributed by atoms with Crippen LogP contribution in [0.25, 0.3) is 11.1 Å². The number of fused-ring (bicyclic) bond motifs is 1. The Kier molecular flexibility index (Phi) is 6.51. The van der Waals surface area contributed by atoms with Crippen LogP contribution in [0.5, 0.6) is 5.75 Å². The number of nitrogens with zero attached hydrogens (tertiary/aromatic N) is 3. The zero-order valence-electron chi connectivity index (χ0n) is 19.7. The summed E-state index contributed by atoms with van der Waals surface area (Å²) in [5, 5.41) is 10.9. The molecule has 0 saturated carbocycles. The van der Waals surface area contributed by atoms with Gasteiger partial charge in [0.2, 0.25) is 5.91 Å². The highest BCUT2D eigenvalue weighted by Crippen LogP contribution is 2.39. The zero-order chi connectivity index (χ0) is 26.2. The Balaban J connectivity index is 1.71. The van der Waals surface area contributed by atoms with E-state index in [2.05, 4.69) is 0 Å². The first-order valence-electron chi connectivity index (χ1n) is 10.9. The fourth-order valence-electron chi connectivity index (χ4n) is 4.14. The maximum absolute atomic E-state index is 13.2. The van der Waals surface area contributed by atoms with Crippen molar-refractivity contribution in [1.29, 1.82) is 0 Å². The molecule has 1 heterocycles. The van der Waals surface area contributed by atoms with Crippen molar-refractivity contribution in [2.45, 2.75) is 24.8 Å². The maximum Gasteiger partial charge on any atom is 0.419 e. The van der Waals surface area contributed by atoms with Crippen LogP contribution in [-0.2, 0) is 14.6 Å². The molecule has 11 heteroatoms. The molecule has 36 heavy (non-hydrogen) atoms. The molecule has 1 aliphatic heterocycles. The molecule has 0 aromatic heterocycles. The summed E-state index contributed by atoms with van der Waals surface area (Å²) in [5.41, 5.74) is 2.27. The van der Waals surface area contributed by atoms with Crippen molar-refractivity contribution in [3.05, 3.63) is 76.8 Å². The molecule has 0 bridgehead atoms. The monoisotopic (exact) mass is 509 g/mol. The minimum atomic E-state index is -3.35. The predicted octanol–water partition coefficient (Wildman–Crippen LogP) is 4.43. The summed E-state index contributed by atoms with van der Waals surface area (Å²) in [6.07, 6.45) is 0.428. The largest absolute Gasteiger partial charge is 0.419 e. The van der Waals surface area contributed by atoms with Gasteiger partial charge in [0.05, 0.1) is 27.2 Å². The summed E-state index contributed by atoms with van der Waals surface area (Å²) in [7, 11) is -3.35. The minimum absolute atomic E-state index is 0.129. The second-order valence-electron chi connectivity index (χ2n) is 8.47. The molecule has 0 saturated heterocycles. The highest BCUT2D eigenvalue weighted by Gasteiger charge is 2.35. The Morgan fingerprint density at radius 3 is 2.14 bits per heavy atom. The molecule has 0 aliphatic carbocycles. The fourth-order valence-corrected chi connectivity index (χ4v) is 4.77. The molecule has 0 radical (unpaired) electrons. The van der Waals surface area contributed by atoms with Crippen molar-refractivity contribution in [3.63, 3.8) is 0 Å². The van der Waals surface area contributed by atoms with Gasteiger partial charge in [0.25, 0.3) is 5.69 Å². The summed E-state index contributed by atoms with van der Waals surface area (Å²) in [6, 6.07) is 16.5. The lowest BCUT2D eigenvalue weighted by atomic mass is 10.0. The topological polar surface area (TPSA) is 127 Å². The lowest BCUT2D eigenvalue weighted by Crippen LogP contribution is -2.52. The third-order valence-electron chi connectivity index (χ3n) is 5.84. The average molecular weight is 510 g/mol. The van der Waals surface area contributed by atoms with Crippen LogP contribution in [0.4, 0.5) is 21.9 Å². The van der Waals surface area contributed by atoms with Gasteiger partial charge in [-0.3, -0.25) is 19.8 Å². The zero-order valence-corrected chi connectivity index (χ0v) is 20.6.